The number of nitrogens with zero attached hydrogens (tertiary/aromatic N) is 2. The summed E-state index contributed by atoms with van der Waals surface area (Å²) in [6.07, 6.45) is 7.31. The van der Waals surface area contributed by atoms with Gasteiger partial charge in [0.2, 0.25) is 11.8 Å². The Kier molecular flexibility index (Phi) is 11.0. The number of hydrogen-bond donors (Lipinski definition) is 0. The standard InChI is InChI=1S/C32H40N2O6/c1-37-29-16-15-25(20-30(29)38-2)17-18-33(21-28-14-9-19-40-28)31(35)22-34(27-12-7-4-8-13-27)32(36)24-39-23-26-10-5-3-6-11-26/h3,5-6,9-11,14-16,19-20,27H,4,7-8,12-13,17-18,21-24H2,1-2H3. The molecule has 0 aliphatic heterocycles. The van der Waals surface area contributed by atoms with Gasteiger partial charge in [-0.05, 0) is 54.7 Å². The van der Waals surface area contributed by atoms with Crippen LogP contribution in [0.2, 0.25) is 0 Å². The minimum absolute atomic E-state index is 0.0187. The van der Waals surface area contributed by atoms with E-state index in [1.165, 1.54) is 0 Å². The molecule has 8 nitrogen and oxygen atoms in total. The summed E-state index contributed by atoms with van der Waals surface area (Å²) >= 11 is 0. The minimum atomic E-state index is -0.144. The van der Waals surface area contributed by atoms with Gasteiger partial charge in [-0.3, -0.25) is 9.59 Å². The van der Waals surface area contributed by atoms with Gasteiger partial charge in [0.15, 0.2) is 11.5 Å². The molecule has 1 aliphatic rings. The van der Waals surface area contributed by atoms with Crippen molar-refractivity contribution >= 4 is 11.8 Å². The zero-order valence-electron chi connectivity index (χ0n) is 23.6. The van der Waals surface area contributed by atoms with E-state index in [1.807, 2.05) is 60.7 Å². The fourth-order valence-electron chi connectivity index (χ4n) is 5.16. The highest BCUT2D eigenvalue weighted by Gasteiger charge is 2.29. The molecule has 40 heavy (non-hydrogen) atoms. The maximum atomic E-state index is 13.8. The van der Waals surface area contributed by atoms with Crippen molar-refractivity contribution in [3.63, 3.8) is 0 Å². The van der Waals surface area contributed by atoms with Crippen molar-refractivity contribution in [3.05, 3.63) is 83.8 Å². The average molecular weight is 549 g/mol. The molecular weight excluding hydrogens is 508 g/mol. The van der Waals surface area contributed by atoms with Gasteiger partial charge >= 0.3 is 0 Å². The number of benzene rings is 2. The third kappa shape index (κ3) is 8.36. The summed E-state index contributed by atoms with van der Waals surface area (Å²) in [5.74, 6) is 1.75. The highest BCUT2D eigenvalue weighted by Crippen LogP contribution is 2.28. The fraction of sp³-hybridized carbons (Fsp3) is 0.438. The van der Waals surface area contributed by atoms with Gasteiger partial charge < -0.3 is 28.4 Å². The quantitative estimate of drug-likeness (QED) is 0.274. The molecule has 0 saturated heterocycles. The lowest BCUT2D eigenvalue weighted by Crippen LogP contribution is -2.49. The van der Waals surface area contributed by atoms with Crippen molar-refractivity contribution in [1.82, 2.24) is 9.80 Å². The molecule has 8 heteroatoms. The number of rotatable bonds is 14. The molecule has 0 unspecified atom stereocenters. The molecule has 2 aromatic carbocycles. The summed E-state index contributed by atoms with van der Waals surface area (Å²) in [7, 11) is 3.21. The summed E-state index contributed by atoms with van der Waals surface area (Å²) < 4.78 is 22.1. The zero-order chi connectivity index (χ0) is 28.2. The molecular formula is C32H40N2O6. The smallest absolute Gasteiger partial charge is 0.249 e. The van der Waals surface area contributed by atoms with Gasteiger partial charge in [0.1, 0.15) is 18.9 Å². The monoisotopic (exact) mass is 548 g/mol. The van der Waals surface area contributed by atoms with Crippen molar-refractivity contribution < 1.29 is 28.2 Å². The first-order valence-electron chi connectivity index (χ1n) is 14.0. The molecule has 214 valence electrons. The van der Waals surface area contributed by atoms with E-state index < -0.39 is 0 Å². The summed E-state index contributed by atoms with van der Waals surface area (Å²) in [6.45, 7) is 1.12. The second-order valence-electron chi connectivity index (χ2n) is 10.1. The van der Waals surface area contributed by atoms with E-state index in [4.69, 9.17) is 18.6 Å². The summed E-state index contributed by atoms with van der Waals surface area (Å²) in [4.78, 5) is 30.7. The van der Waals surface area contributed by atoms with E-state index in [2.05, 4.69) is 0 Å². The molecule has 0 spiro atoms. The van der Waals surface area contributed by atoms with Crippen LogP contribution in [0.25, 0.3) is 0 Å². The first-order valence-corrected chi connectivity index (χ1v) is 14.0. The summed E-state index contributed by atoms with van der Waals surface area (Å²) in [5, 5.41) is 0. The van der Waals surface area contributed by atoms with Gasteiger partial charge in [0, 0.05) is 12.6 Å². The van der Waals surface area contributed by atoms with Gasteiger partial charge in [-0.2, -0.15) is 0 Å². The highest BCUT2D eigenvalue weighted by atomic mass is 16.5. The number of amides is 2. The van der Waals surface area contributed by atoms with Gasteiger partial charge in [-0.25, -0.2) is 0 Å². The van der Waals surface area contributed by atoms with Gasteiger partial charge in [0.25, 0.3) is 0 Å². The van der Waals surface area contributed by atoms with Gasteiger partial charge in [0.05, 0.1) is 33.6 Å². The molecule has 4 rings (SSSR count). The third-order valence-corrected chi connectivity index (χ3v) is 7.38. The first-order chi connectivity index (χ1) is 19.6. The number of carbonyl (C=O) groups excluding carboxylic acids is 2. The molecule has 1 aromatic heterocycles. The SMILES string of the molecule is COc1ccc(CCN(Cc2ccco2)C(=O)CN(C(=O)COCc2ccccc2)C2CCCCC2)cc1OC. The normalized spacial score (nSPS) is 13.6. The Hall–Kier alpha value is -3.78. The zero-order valence-corrected chi connectivity index (χ0v) is 23.6. The first kappa shape index (κ1) is 29.2. The van der Waals surface area contributed by atoms with Gasteiger partial charge in [-0.1, -0.05) is 55.7 Å². The third-order valence-electron chi connectivity index (χ3n) is 7.38. The van der Waals surface area contributed by atoms with Crippen LogP contribution < -0.4 is 9.47 Å². The maximum Gasteiger partial charge on any atom is 0.249 e. The maximum absolute atomic E-state index is 13.8. The molecule has 0 radical (unpaired) electrons. The molecule has 1 fully saturated rings. The van der Waals surface area contributed by atoms with Crippen LogP contribution in [0.1, 0.15) is 49.0 Å². The second-order valence-corrected chi connectivity index (χ2v) is 10.1. The van der Waals surface area contributed by atoms with Crippen LogP contribution in [0, 0.1) is 0 Å². The van der Waals surface area contributed by atoms with Crippen LogP contribution in [0.5, 0.6) is 11.5 Å². The summed E-state index contributed by atoms with van der Waals surface area (Å²) in [5.41, 5.74) is 2.03. The molecule has 0 atom stereocenters. The van der Waals surface area contributed by atoms with Crippen LogP contribution in [-0.2, 0) is 33.9 Å². The van der Waals surface area contributed by atoms with Crippen LogP contribution in [0.4, 0.5) is 0 Å². The molecule has 0 N–H and O–H groups in total. The Labute approximate surface area is 236 Å². The van der Waals surface area contributed by atoms with E-state index in [9.17, 15) is 9.59 Å². The van der Waals surface area contributed by atoms with Crippen LogP contribution in [0.3, 0.4) is 0 Å². The van der Waals surface area contributed by atoms with Crippen molar-refractivity contribution in [3.8, 4) is 11.5 Å². The van der Waals surface area contributed by atoms with E-state index in [-0.39, 0.29) is 31.0 Å². The number of carbonyl (C=O) groups is 2. The van der Waals surface area contributed by atoms with Crippen LogP contribution >= 0.6 is 0 Å². The minimum Gasteiger partial charge on any atom is -0.493 e. The largest absolute Gasteiger partial charge is 0.493 e. The lowest BCUT2D eigenvalue weighted by Gasteiger charge is -2.35. The number of methoxy groups -OCH3 is 2. The molecule has 2 amide bonds. The summed E-state index contributed by atoms with van der Waals surface area (Å²) in [6, 6.07) is 19.3. The highest BCUT2D eigenvalue weighted by molar-refractivity contribution is 5.85. The Bertz CT molecular complexity index is 1190. The second kappa shape index (κ2) is 15.1. The molecule has 0 bridgehead atoms. The van der Waals surface area contributed by atoms with Crippen molar-refractivity contribution in [1.29, 1.82) is 0 Å². The van der Waals surface area contributed by atoms with E-state index in [0.29, 0.717) is 43.4 Å². The van der Waals surface area contributed by atoms with Crippen LogP contribution in [0.15, 0.2) is 71.3 Å². The number of furan rings is 1. The molecule has 1 heterocycles. The molecule has 1 aliphatic carbocycles. The Balaban J connectivity index is 1.44. The number of hydrogen-bond acceptors (Lipinski definition) is 6. The molecule has 3 aromatic rings. The van der Waals surface area contributed by atoms with Crippen LogP contribution in [-0.4, -0.2) is 61.6 Å². The van der Waals surface area contributed by atoms with E-state index in [1.54, 1.807) is 30.3 Å². The lowest BCUT2D eigenvalue weighted by atomic mass is 9.94. The predicted molar refractivity (Wildman–Crippen MR) is 152 cm³/mol. The van der Waals surface area contributed by atoms with Crippen molar-refractivity contribution in [2.45, 2.75) is 57.7 Å². The fourth-order valence-corrected chi connectivity index (χ4v) is 5.16. The topological polar surface area (TPSA) is 81.5 Å². The lowest BCUT2D eigenvalue weighted by molar-refractivity contribution is -0.146. The van der Waals surface area contributed by atoms with Crippen molar-refractivity contribution in [2.75, 3.05) is 33.9 Å². The number of ether oxygens (including phenoxy) is 3. The molecule has 1 saturated carbocycles. The van der Waals surface area contributed by atoms with Gasteiger partial charge in [-0.15, -0.1) is 0 Å². The van der Waals surface area contributed by atoms with E-state index in [0.717, 1.165) is 43.2 Å². The predicted octanol–water partition coefficient (Wildman–Crippen LogP) is 5.25. The Morgan fingerprint density at radius 2 is 1.65 bits per heavy atom. The van der Waals surface area contributed by atoms with E-state index >= 15 is 0 Å². The Morgan fingerprint density at radius 1 is 0.875 bits per heavy atom. The Morgan fingerprint density at radius 3 is 2.35 bits per heavy atom. The average Bonchev–Trinajstić information content (AvgIpc) is 3.52. The van der Waals surface area contributed by atoms with Crippen molar-refractivity contribution in [2.24, 2.45) is 0 Å².